The van der Waals surface area contributed by atoms with Gasteiger partial charge in [-0.15, -0.1) is 0 Å². The highest BCUT2D eigenvalue weighted by molar-refractivity contribution is 7.14. The molecule has 0 saturated heterocycles. The van der Waals surface area contributed by atoms with E-state index in [9.17, 15) is 0 Å². The average Bonchev–Trinajstić information content (AvgIpc) is 2.66. The minimum Gasteiger partial charge on any atom is -0.368 e. The monoisotopic (exact) mass is 226 g/mol. The third-order valence-electron chi connectivity index (χ3n) is 1.47. The van der Waals surface area contributed by atoms with Gasteiger partial charge < -0.3 is 10.1 Å². The van der Waals surface area contributed by atoms with Crippen molar-refractivity contribution >= 4 is 26.4 Å². The van der Waals surface area contributed by atoms with E-state index in [0.717, 1.165) is 11.0 Å². The minimum absolute atomic E-state index is 0.305. The molecule has 4 nitrogen and oxygen atoms in total. The van der Waals surface area contributed by atoms with Crippen LogP contribution in [0.1, 0.15) is 27.7 Å². The van der Waals surface area contributed by atoms with Gasteiger partial charge in [-0.3, -0.25) is 0 Å². The summed E-state index contributed by atoms with van der Waals surface area (Å²) in [5.74, 6) is 0.305. The zero-order valence-electron chi connectivity index (χ0n) is 9.73. The summed E-state index contributed by atoms with van der Waals surface area (Å²) in [5.41, 5.74) is 6.24. The molecule has 1 atom stereocenters. The second-order valence-corrected chi connectivity index (χ2v) is 2.79. The number of aromatic nitrogens is 3. The highest BCUT2D eigenvalue weighted by Crippen LogP contribution is 2.14. The first-order valence-electron chi connectivity index (χ1n) is 5.12. The maximum Gasteiger partial charge on any atom is 0.221 e. The number of hydrogen-bond acceptors (Lipinski definition) is 3. The first-order chi connectivity index (χ1) is 7.27. The van der Waals surface area contributed by atoms with Gasteiger partial charge in [0.15, 0.2) is 0 Å². The maximum atomic E-state index is 5.41. The van der Waals surface area contributed by atoms with Crippen LogP contribution in [0, 0.1) is 0 Å². The number of anilines is 1. The number of fused-ring (bicyclic) bond motifs is 1. The van der Waals surface area contributed by atoms with Crippen LogP contribution >= 0.6 is 9.39 Å². The Kier molecular flexibility index (Phi) is 6.63. The second kappa shape index (κ2) is 7.18. The van der Waals surface area contributed by atoms with Gasteiger partial charge in [-0.25, -0.2) is 4.98 Å². The lowest BCUT2D eigenvalue weighted by Gasteiger charge is -1.94. The van der Waals surface area contributed by atoms with Crippen molar-refractivity contribution < 1.29 is 0 Å². The summed E-state index contributed by atoms with van der Waals surface area (Å²) in [5, 5.41) is 0.995. The Morgan fingerprint density at radius 2 is 1.87 bits per heavy atom. The van der Waals surface area contributed by atoms with E-state index in [-0.39, 0.29) is 0 Å². The van der Waals surface area contributed by atoms with Crippen molar-refractivity contribution in [2.75, 3.05) is 5.73 Å². The molecule has 2 N–H and O–H groups in total. The van der Waals surface area contributed by atoms with Crippen LogP contribution in [-0.4, -0.2) is 14.3 Å². The SMILES string of the molecule is CC.CC.Nc1ncc2ccn(P)c2n1. The summed E-state index contributed by atoms with van der Waals surface area (Å²) in [6, 6.07) is 1.93. The Labute approximate surface area is 93.2 Å². The van der Waals surface area contributed by atoms with Crippen LogP contribution in [0.2, 0.25) is 0 Å². The summed E-state index contributed by atoms with van der Waals surface area (Å²) in [4.78, 5) is 7.91. The molecule has 2 aromatic rings. The topological polar surface area (TPSA) is 56.7 Å². The van der Waals surface area contributed by atoms with Crippen molar-refractivity contribution in [2.24, 2.45) is 0 Å². The fraction of sp³-hybridized carbons (Fsp3) is 0.400. The van der Waals surface area contributed by atoms with Crippen LogP contribution < -0.4 is 5.73 Å². The molecule has 0 aliphatic carbocycles. The van der Waals surface area contributed by atoms with Crippen LogP contribution in [0.5, 0.6) is 0 Å². The molecule has 0 bridgehead atoms. The predicted molar refractivity (Wildman–Crippen MR) is 69.7 cm³/mol. The molecule has 0 aromatic carbocycles. The zero-order chi connectivity index (χ0) is 11.8. The first kappa shape index (κ1) is 13.8. The Hall–Kier alpha value is -1.15. The highest BCUT2D eigenvalue weighted by Gasteiger charge is 1.98. The Morgan fingerprint density at radius 3 is 2.47 bits per heavy atom. The molecule has 5 heteroatoms. The molecule has 2 rings (SSSR count). The van der Waals surface area contributed by atoms with Gasteiger partial charge in [0.2, 0.25) is 5.95 Å². The fourth-order valence-electron chi connectivity index (χ4n) is 0.951. The van der Waals surface area contributed by atoms with E-state index < -0.39 is 0 Å². The lowest BCUT2D eigenvalue weighted by atomic mass is 10.4. The van der Waals surface area contributed by atoms with E-state index in [1.54, 1.807) is 6.20 Å². The Balaban J connectivity index is 0.000000442. The van der Waals surface area contributed by atoms with E-state index in [0.29, 0.717) is 5.95 Å². The second-order valence-electron chi connectivity index (χ2n) is 2.23. The first-order valence-corrected chi connectivity index (χ1v) is 5.63. The highest BCUT2D eigenvalue weighted by atomic mass is 31.0. The minimum atomic E-state index is 0.305. The van der Waals surface area contributed by atoms with Crippen molar-refractivity contribution in [1.29, 1.82) is 0 Å². The normalized spacial score (nSPS) is 8.60. The summed E-state index contributed by atoms with van der Waals surface area (Å²) in [6.07, 6.45) is 3.60. The number of hydrogen-bond donors (Lipinski definition) is 1. The Morgan fingerprint density at radius 1 is 1.27 bits per heavy atom. The van der Waals surface area contributed by atoms with E-state index in [1.165, 1.54) is 0 Å². The van der Waals surface area contributed by atoms with E-state index in [1.807, 2.05) is 44.3 Å². The summed E-state index contributed by atoms with van der Waals surface area (Å²) in [6.45, 7) is 8.00. The molecule has 0 amide bonds. The number of nitrogen functional groups attached to an aromatic ring is 1. The predicted octanol–water partition coefficient (Wildman–Crippen LogP) is 2.70. The molecule has 0 aliphatic rings. The van der Waals surface area contributed by atoms with Gasteiger partial charge in [0, 0.05) is 17.8 Å². The number of nitrogens with two attached hydrogens (primary N) is 1. The molecule has 2 aromatic heterocycles. The van der Waals surface area contributed by atoms with Crippen molar-refractivity contribution in [1.82, 2.24) is 14.3 Å². The van der Waals surface area contributed by atoms with Gasteiger partial charge >= 0.3 is 0 Å². The number of rotatable bonds is 0. The lowest BCUT2D eigenvalue weighted by molar-refractivity contribution is 1.19. The standard InChI is InChI=1S/C6H7N4P.2C2H6/c7-6-8-3-4-1-2-10(11)5(4)9-6;2*1-2/h1-3H,11H2,(H2,7,8,9);2*1-2H3. The van der Waals surface area contributed by atoms with Gasteiger partial charge in [0.25, 0.3) is 0 Å². The largest absolute Gasteiger partial charge is 0.368 e. The van der Waals surface area contributed by atoms with Crippen molar-refractivity contribution in [3.05, 3.63) is 18.5 Å². The number of nitrogens with zero attached hydrogens (tertiary/aromatic N) is 3. The van der Waals surface area contributed by atoms with Gasteiger partial charge in [-0.1, -0.05) is 27.7 Å². The summed E-state index contributed by atoms with van der Waals surface area (Å²) < 4.78 is 1.83. The van der Waals surface area contributed by atoms with Crippen LogP contribution in [0.25, 0.3) is 11.0 Å². The molecule has 0 saturated carbocycles. The van der Waals surface area contributed by atoms with Crippen LogP contribution in [0.15, 0.2) is 18.5 Å². The third-order valence-corrected chi connectivity index (χ3v) is 1.89. The fourth-order valence-corrected chi connectivity index (χ4v) is 1.24. The van der Waals surface area contributed by atoms with Gasteiger partial charge in [0.1, 0.15) is 5.65 Å². The molecule has 0 radical (unpaired) electrons. The van der Waals surface area contributed by atoms with Crippen LogP contribution in [-0.2, 0) is 0 Å². The van der Waals surface area contributed by atoms with E-state index in [2.05, 4.69) is 19.4 Å². The molecular formula is C10H19N4P. The van der Waals surface area contributed by atoms with E-state index in [4.69, 9.17) is 5.73 Å². The van der Waals surface area contributed by atoms with Crippen LogP contribution in [0.4, 0.5) is 5.95 Å². The molecule has 1 unspecified atom stereocenters. The van der Waals surface area contributed by atoms with Gasteiger partial charge in [0.05, 0.1) is 0 Å². The van der Waals surface area contributed by atoms with Crippen LogP contribution in [0.3, 0.4) is 0 Å². The lowest BCUT2D eigenvalue weighted by Crippen LogP contribution is -1.94. The maximum absolute atomic E-state index is 5.41. The molecule has 2 heterocycles. The molecule has 0 spiro atoms. The van der Waals surface area contributed by atoms with Crippen molar-refractivity contribution in [2.45, 2.75) is 27.7 Å². The summed E-state index contributed by atoms with van der Waals surface area (Å²) >= 11 is 0. The molecule has 0 aliphatic heterocycles. The smallest absolute Gasteiger partial charge is 0.221 e. The van der Waals surface area contributed by atoms with E-state index >= 15 is 0 Å². The quantitative estimate of drug-likeness (QED) is 0.702. The molecule has 0 fully saturated rings. The zero-order valence-corrected chi connectivity index (χ0v) is 10.9. The third kappa shape index (κ3) is 3.48. The summed E-state index contributed by atoms with van der Waals surface area (Å²) in [7, 11) is 2.52. The van der Waals surface area contributed by atoms with Crippen molar-refractivity contribution in [3.63, 3.8) is 0 Å². The molecule has 84 valence electrons. The average molecular weight is 226 g/mol. The molecule has 15 heavy (non-hydrogen) atoms. The Bertz CT molecular complexity index is 397. The van der Waals surface area contributed by atoms with Gasteiger partial charge in [-0.2, -0.15) is 4.98 Å². The molecular weight excluding hydrogens is 207 g/mol. The van der Waals surface area contributed by atoms with Gasteiger partial charge in [-0.05, 0) is 15.5 Å². The van der Waals surface area contributed by atoms with Crippen molar-refractivity contribution in [3.8, 4) is 0 Å².